The van der Waals surface area contributed by atoms with Crippen LogP contribution < -0.4 is 26.5 Å². The summed E-state index contributed by atoms with van der Waals surface area (Å²) < 4.78 is 21.6. The van der Waals surface area contributed by atoms with E-state index in [0.29, 0.717) is 62.8 Å². The number of hydrogen-bond donors (Lipinski definition) is 1. The number of alkyl halides is 3. The Morgan fingerprint density at radius 2 is 1.88 bits per heavy atom. The van der Waals surface area contributed by atoms with E-state index in [0.717, 1.165) is 5.56 Å². The van der Waals surface area contributed by atoms with Gasteiger partial charge >= 0.3 is 281 Å². The molecular weight excluding hydrogens is 800 g/mol. The number of carbonyl (C=O) groups is 3. The summed E-state index contributed by atoms with van der Waals surface area (Å²) in [5.74, 6) is 0.919. The zero-order valence-corrected chi connectivity index (χ0v) is 30.0. The van der Waals surface area contributed by atoms with Crippen molar-refractivity contribution in [2.45, 2.75) is 67.3 Å². The molecule has 0 spiro atoms. The molecule has 4 aromatic heterocycles. The van der Waals surface area contributed by atoms with Gasteiger partial charge in [0, 0.05) is 0 Å². The SMILES string of the molecule is CC(=O)c1nn(CC(=O)N2[C@H](C(=O)Nc3nc(Br)ccc3C)C[C@@]3(Cc4nc(C)no4)[I-][C@@H]23)c2c(CF)cc(-c3cnc(C)nc3)cc12. The third kappa shape index (κ3) is 5.88. The van der Waals surface area contributed by atoms with E-state index < -0.39 is 33.9 Å². The summed E-state index contributed by atoms with van der Waals surface area (Å²) in [6, 6.07) is 6.22. The van der Waals surface area contributed by atoms with Crippen molar-refractivity contribution in [2.75, 3.05) is 5.32 Å². The van der Waals surface area contributed by atoms with Gasteiger partial charge in [-0.25, -0.2) is 0 Å². The molecule has 2 aliphatic heterocycles. The van der Waals surface area contributed by atoms with Crippen molar-refractivity contribution in [2.24, 2.45) is 0 Å². The van der Waals surface area contributed by atoms with Crippen molar-refractivity contribution in [1.29, 1.82) is 0 Å². The standard InChI is InChI=1S/C32H29BrFIN9O4/c1-15-5-6-24(33)39-29(15)40-30(47)23-9-32(10-25-38-18(4)42-48-25)31(35-32)44(23)26(46)14-43-28-20(11-34)7-19(21-12-36-17(3)37-13-21)8-22(28)27(41-43)16(2)45/h5-8,12-13,23,31H,9-11,14H2,1-4H3,(H,39,40,47)/q-1/t23-,31-,32-/m0/s1. The number of anilines is 1. The maximum atomic E-state index is 14.7. The van der Waals surface area contributed by atoms with Crippen LogP contribution in [0.15, 0.2) is 45.8 Å². The number of fused-ring (bicyclic) bond motifs is 2. The Morgan fingerprint density at radius 1 is 1.10 bits per heavy atom. The first-order valence-electron chi connectivity index (χ1n) is 15.0. The number of ketones is 1. The van der Waals surface area contributed by atoms with Gasteiger partial charge in [-0.1, -0.05) is 0 Å². The number of likely N-dealkylation sites (tertiary alicyclic amines) is 1. The van der Waals surface area contributed by atoms with E-state index in [2.05, 4.69) is 51.4 Å². The van der Waals surface area contributed by atoms with Crippen molar-refractivity contribution in [3.8, 4) is 11.1 Å². The van der Waals surface area contributed by atoms with Crippen LogP contribution in [0.3, 0.4) is 0 Å². The number of pyridine rings is 1. The molecular formula is C32H29BrFIN9O4-. The first-order chi connectivity index (χ1) is 23.0. The Morgan fingerprint density at radius 3 is 2.56 bits per heavy atom. The molecule has 2 fully saturated rings. The molecule has 5 aromatic rings. The molecule has 2 saturated heterocycles. The summed E-state index contributed by atoms with van der Waals surface area (Å²) in [6.07, 6.45) is 4.16. The molecule has 248 valence electrons. The Bertz CT molecular complexity index is 2120. The molecule has 3 atom stereocenters. The van der Waals surface area contributed by atoms with Gasteiger partial charge in [0.25, 0.3) is 0 Å². The molecule has 2 amide bonds. The van der Waals surface area contributed by atoms with E-state index in [4.69, 9.17) is 4.52 Å². The predicted molar refractivity (Wildman–Crippen MR) is 170 cm³/mol. The van der Waals surface area contributed by atoms with E-state index >= 15 is 0 Å². The van der Waals surface area contributed by atoms with Crippen LogP contribution in [-0.4, -0.2) is 70.9 Å². The molecule has 0 unspecified atom stereocenters. The van der Waals surface area contributed by atoms with E-state index in [1.165, 1.54) is 11.6 Å². The van der Waals surface area contributed by atoms with Gasteiger partial charge in [-0.15, -0.1) is 0 Å². The maximum absolute atomic E-state index is 14.7. The average Bonchev–Trinajstić information content (AvgIpc) is 3.30. The molecule has 6 heterocycles. The minimum absolute atomic E-state index is 0.120. The predicted octanol–water partition coefficient (Wildman–Crippen LogP) is 1.28. The fraction of sp³-hybridized carbons (Fsp3) is 0.344. The second kappa shape index (κ2) is 12.4. The number of carbonyl (C=O) groups excluding carboxylic acids is 3. The molecule has 0 aliphatic carbocycles. The fourth-order valence-electron chi connectivity index (χ4n) is 6.20. The van der Waals surface area contributed by atoms with Gasteiger partial charge < -0.3 is 0 Å². The van der Waals surface area contributed by atoms with Crippen LogP contribution in [0, 0.1) is 20.8 Å². The van der Waals surface area contributed by atoms with Crippen LogP contribution in [0.2, 0.25) is 0 Å². The monoisotopic (exact) mass is 828 g/mol. The molecule has 0 saturated carbocycles. The van der Waals surface area contributed by atoms with Gasteiger partial charge in [-0.3, -0.25) is 0 Å². The fourth-order valence-corrected chi connectivity index (χ4v) is 10.5. The van der Waals surface area contributed by atoms with Gasteiger partial charge in [0.05, 0.1) is 0 Å². The first kappa shape index (κ1) is 32.4. The molecule has 0 radical (unpaired) electrons. The third-order valence-electron chi connectivity index (χ3n) is 8.52. The van der Waals surface area contributed by atoms with Crippen molar-refractivity contribution < 1.29 is 44.5 Å². The number of rotatable bonds is 9. The van der Waals surface area contributed by atoms with Crippen LogP contribution in [0.5, 0.6) is 0 Å². The van der Waals surface area contributed by atoms with Crippen LogP contribution in [-0.2, 0) is 29.2 Å². The van der Waals surface area contributed by atoms with E-state index in [-0.39, 0.29) is 42.9 Å². The number of hydrogen-bond acceptors (Lipinski definition) is 10. The normalized spacial score (nSPS) is 20.0. The Kier molecular flexibility index (Phi) is 8.33. The molecule has 7 rings (SSSR count). The number of halogens is 3. The topological polar surface area (TPSA) is 162 Å². The number of nitrogens with one attached hydrogen (secondary N) is 1. The summed E-state index contributed by atoms with van der Waals surface area (Å²) in [7, 11) is 0. The van der Waals surface area contributed by atoms with Crippen LogP contribution in [0.25, 0.3) is 22.0 Å². The summed E-state index contributed by atoms with van der Waals surface area (Å²) in [5, 5.41) is 11.8. The molecule has 1 N–H and O–H groups in total. The van der Waals surface area contributed by atoms with E-state index in [1.54, 1.807) is 49.3 Å². The number of aryl methyl sites for hydroxylation is 3. The van der Waals surface area contributed by atoms with Crippen LogP contribution in [0.4, 0.5) is 10.2 Å². The molecule has 1 aromatic carbocycles. The minimum atomic E-state index is -0.858. The zero-order valence-electron chi connectivity index (χ0n) is 26.3. The van der Waals surface area contributed by atoms with Crippen LogP contribution >= 0.6 is 15.9 Å². The Hall–Kier alpha value is -4.19. The van der Waals surface area contributed by atoms with Crippen molar-refractivity contribution in [3.63, 3.8) is 0 Å². The van der Waals surface area contributed by atoms with Gasteiger partial charge in [-0.2, -0.15) is 0 Å². The number of benzene rings is 1. The number of amides is 2. The summed E-state index contributed by atoms with van der Waals surface area (Å²) in [4.78, 5) is 59.9. The zero-order chi connectivity index (χ0) is 33.9. The summed E-state index contributed by atoms with van der Waals surface area (Å²) in [6.45, 7) is 5.57. The quantitative estimate of drug-likeness (QED) is 0.0754. The second-order valence-electron chi connectivity index (χ2n) is 11.9. The summed E-state index contributed by atoms with van der Waals surface area (Å²) in [5.41, 5.74) is 2.78. The number of aromatic nitrogens is 7. The van der Waals surface area contributed by atoms with E-state index in [9.17, 15) is 18.8 Å². The van der Waals surface area contributed by atoms with E-state index in [1.807, 2.05) is 13.0 Å². The van der Waals surface area contributed by atoms with Crippen molar-refractivity contribution >= 4 is 50.2 Å². The van der Waals surface area contributed by atoms with Gasteiger partial charge in [0.1, 0.15) is 5.82 Å². The molecule has 2 aliphatic rings. The second-order valence-corrected chi connectivity index (χ2v) is 16.7. The molecule has 16 heteroatoms. The van der Waals surface area contributed by atoms with Crippen LogP contribution in [0.1, 0.15) is 52.5 Å². The van der Waals surface area contributed by atoms with Gasteiger partial charge in [-0.05, 0) is 6.92 Å². The number of nitrogens with zero attached hydrogens (tertiary/aromatic N) is 8. The molecule has 13 nitrogen and oxygen atoms in total. The molecule has 48 heavy (non-hydrogen) atoms. The average molecular weight is 829 g/mol. The van der Waals surface area contributed by atoms with Crippen molar-refractivity contribution in [3.05, 3.63) is 75.6 Å². The number of Topliss-reactive ketones (excluding diaryl/α,β-unsaturated/α-hetero) is 1. The van der Waals surface area contributed by atoms with Gasteiger partial charge in [0.2, 0.25) is 0 Å². The summed E-state index contributed by atoms with van der Waals surface area (Å²) >= 11 is 2.81. The first-order valence-corrected chi connectivity index (χ1v) is 18.2. The van der Waals surface area contributed by atoms with Crippen molar-refractivity contribution in [1.82, 2.24) is 39.8 Å². The Labute approximate surface area is 292 Å². The third-order valence-corrected chi connectivity index (χ3v) is 13.3. The Balaban J connectivity index is 1.24. The molecule has 0 bridgehead atoms. The van der Waals surface area contributed by atoms with Gasteiger partial charge in [0.15, 0.2) is 0 Å².